The Morgan fingerprint density at radius 2 is 1.93 bits per heavy atom. The number of halogens is 1. The number of benzene rings is 2. The Kier molecular flexibility index (Phi) is 6.07. The van der Waals surface area contributed by atoms with Crippen molar-refractivity contribution in [2.24, 2.45) is 5.16 Å². The molecule has 2 aromatic carbocycles. The molecule has 1 heterocycles. The molecule has 1 aliphatic heterocycles. The summed E-state index contributed by atoms with van der Waals surface area (Å²) in [6, 6.07) is 9.72. The van der Waals surface area contributed by atoms with Gasteiger partial charge in [-0.15, -0.1) is 0 Å². The summed E-state index contributed by atoms with van der Waals surface area (Å²) < 4.78 is 52.0. The predicted molar refractivity (Wildman–Crippen MR) is 106 cm³/mol. The highest BCUT2D eigenvalue weighted by Gasteiger charge is 2.38. The minimum atomic E-state index is -3.95. The van der Waals surface area contributed by atoms with Crippen LogP contribution in [0.25, 0.3) is 0 Å². The van der Waals surface area contributed by atoms with Gasteiger partial charge in [-0.05, 0) is 55.3 Å². The van der Waals surface area contributed by atoms with Crippen molar-refractivity contribution in [2.75, 3.05) is 13.7 Å². The third-order valence-corrected chi connectivity index (χ3v) is 7.11. The molecule has 0 bridgehead atoms. The number of ether oxygens (including phenoxy) is 2. The summed E-state index contributed by atoms with van der Waals surface area (Å²) >= 11 is 0. The number of hydrogen-bond acceptors (Lipinski definition) is 6. The fourth-order valence-corrected chi connectivity index (χ4v) is 4.98. The van der Waals surface area contributed by atoms with E-state index in [4.69, 9.17) is 14.7 Å². The average molecular weight is 421 g/mol. The summed E-state index contributed by atoms with van der Waals surface area (Å²) in [6.45, 7) is 3.95. The highest BCUT2D eigenvalue weighted by atomic mass is 32.2. The molecule has 1 saturated heterocycles. The molecular formula is C21H24FNO5S. The summed E-state index contributed by atoms with van der Waals surface area (Å²) in [6.07, 6.45) is 0.919. The third-order valence-electron chi connectivity index (χ3n) is 5.36. The SMILES string of the molecule is CO[C@]1(c2cc(F)cc(S(=O)(=O)c3ccc(C(C)=NO)cc3)c2)CCO[C@@H](C)C1. The molecule has 0 amide bonds. The molecule has 0 saturated carbocycles. The molecule has 0 radical (unpaired) electrons. The minimum Gasteiger partial charge on any atom is -0.411 e. The second-order valence-electron chi connectivity index (χ2n) is 7.22. The maximum Gasteiger partial charge on any atom is 0.206 e. The van der Waals surface area contributed by atoms with E-state index in [-0.39, 0.29) is 15.9 Å². The van der Waals surface area contributed by atoms with Gasteiger partial charge in [-0.3, -0.25) is 0 Å². The van der Waals surface area contributed by atoms with Crippen molar-refractivity contribution in [1.82, 2.24) is 0 Å². The smallest absolute Gasteiger partial charge is 0.206 e. The molecule has 1 aliphatic rings. The van der Waals surface area contributed by atoms with Gasteiger partial charge in [-0.2, -0.15) is 0 Å². The molecule has 2 aromatic rings. The van der Waals surface area contributed by atoms with Crippen LogP contribution < -0.4 is 0 Å². The van der Waals surface area contributed by atoms with Gasteiger partial charge in [-0.1, -0.05) is 17.3 Å². The Bertz CT molecular complexity index is 1020. The Morgan fingerprint density at radius 3 is 2.52 bits per heavy atom. The van der Waals surface area contributed by atoms with Crippen LogP contribution in [-0.2, 0) is 24.9 Å². The lowest BCUT2D eigenvalue weighted by molar-refractivity contribution is -0.122. The maximum absolute atomic E-state index is 14.5. The van der Waals surface area contributed by atoms with Gasteiger partial charge in [0.25, 0.3) is 0 Å². The number of nitrogens with zero attached hydrogens (tertiary/aromatic N) is 1. The molecule has 0 spiro atoms. The van der Waals surface area contributed by atoms with Crippen LogP contribution in [0.3, 0.4) is 0 Å². The van der Waals surface area contributed by atoms with Gasteiger partial charge in [0, 0.05) is 20.0 Å². The van der Waals surface area contributed by atoms with Crippen molar-refractivity contribution in [3.8, 4) is 0 Å². The highest BCUT2D eigenvalue weighted by Crippen LogP contribution is 2.39. The van der Waals surface area contributed by atoms with Crippen molar-refractivity contribution in [1.29, 1.82) is 0 Å². The second-order valence-corrected chi connectivity index (χ2v) is 9.17. The van der Waals surface area contributed by atoms with E-state index in [0.29, 0.717) is 36.3 Å². The van der Waals surface area contributed by atoms with Gasteiger partial charge < -0.3 is 14.7 Å². The van der Waals surface area contributed by atoms with E-state index in [1.165, 1.54) is 24.3 Å². The largest absolute Gasteiger partial charge is 0.411 e. The molecule has 2 atom stereocenters. The summed E-state index contributed by atoms with van der Waals surface area (Å²) in [5.74, 6) is -0.642. The van der Waals surface area contributed by atoms with E-state index in [9.17, 15) is 12.8 Å². The van der Waals surface area contributed by atoms with Crippen molar-refractivity contribution in [3.63, 3.8) is 0 Å². The van der Waals surface area contributed by atoms with E-state index in [2.05, 4.69) is 5.16 Å². The van der Waals surface area contributed by atoms with Crippen molar-refractivity contribution in [2.45, 2.75) is 48.2 Å². The fraction of sp³-hybridized carbons (Fsp3) is 0.381. The van der Waals surface area contributed by atoms with E-state index < -0.39 is 21.3 Å². The molecule has 3 rings (SSSR count). The van der Waals surface area contributed by atoms with Gasteiger partial charge in [0.1, 0.15) is 5.82 Å². The van der Waals surface area contributed by atoms with Gasteiger partial charge >= 0.3 is 0 Å². The van der Waals surface area contributed by atoms with Crippen LogP contribution >= 0.6 is 0 Å². The summed E-state index contributed by atoms with van der Waals surface area (Å²) in [5.41, 5.74) is 0.620. The van der Waals surface area contributed by atoms with Crippen LogP contribution in [0.2, 0.25) is 0 Å². The molecule has 0 aromatic heterocycles. The standard InChI is InChI=1S/C21H24FNO5S/c1-14-13-21(27-3,8-9-28-14)17-10-18(22)12-20(11-17)29(25,26)19-6-4-16(5-7-19)15(2)23-24/h4-7,10-12,14,24H,8-9,13H2,1-3H3/t14-,21+/m0/s1. The van der Waals surface area contributed by atoms with Crippen LogP contribution in [0.5, 0.6) is 0 Å². The molecule has 0 unspecified atom stereocenters. The lowest BCUT2D eigenvalue weighted by atomic mass is 9.83. The first kappa shape index (κ1) is 21.4. The topological polar surface area (TPSA) is 85.2 Å². The lowest BCUT2D eigenvalue weighted by Crippen LogP contribution is -2.39. The third kappa shape index (κ3) is 4.19. The van der Waals surface area contributed by atoms with E-state index in [1.54, 1.807) is 26.2 Å². The first-order valence-electron chi connectivity index (χ1n) is 9.24. The van der Waals surface area contributed by atoms with Crippen LogP contribution in [0.15, 0.2) is 57.4 Å². The van der Waals surface area contributed by atoms with Crippen molar-refractivity contribution >= 4 is 15.5 Å². The van der Waals surface area contributed by atoms with E-state index >= 15 is 0 Å². The van der Waals surface area contributed by atoms with Crippen molar-refractivity contribution < 1.29 is 27.5 Å². The van der Waals surface area contributed by atoms with E-state index in [1.807, 2.05) is 6.92 Å². The zero-order valence-electron chi connectivity index (χ0n) is 16.6. The second kappa shape index (κ2) is 8.22. The lowest BCUT2D eigenvalue weighted by Gasteiger charge is -2.39. The maximum atomic E-state index is 14.5. The van der Waals surface area contributed by atoms with Crippen molar-refractivity contribution in [3.05, 3.63) is 59.4 Å². The Morgan fingerprint density at radius 1 is 1.24 bits per heavy atom. The van der Waals surface area contributed by atoms with Gasteiger partial charge in [-0.25, -0.2) is 12.8 Å². The Hall–Kier alpha value is -2.29. The number of sulfone groups is 1. The normalized spacial score (nSPS) is 23.2. The number of oxime groups is 1. The van der Waals surface area contributed by atoms with Crippen LogP contribution in [0.4, 0.5) is 4.39 Å². The number of hydrogen-bond donors (Lipinski definition) is 1. The Balaban J connectivity index is 2.04. The molecular weight excluding hydrogens is 397 g/mol. The summed E-state index contributed by atoms with van der Waals surface area (Å²) in [4.78, 5) is -0.112. The van der Waals surface area contributed by atoms with Gasteiger partial charge in [0.15, 0.2) is 0 Å². The fourth-order valence-electron chi connectivity index (χ4n) is 3.67. The minimum absolute atomic E-state index is 0.0235. The quantitative estimate of drug-likeness (QED) is 0.450. The highest BCUT2D eigenvalue weighted by molar-refractivity contribution is 7.91. The first-order valence-corrected chi connectivity index (χ1v) is 10.7. The number of methoxy groups -OCH3 is 1. The summed E-state index contributed by atoms with van der Waals surface area (Å²) in [5, 5.41) is 12.0. The zero-order valence-corrected chi connectivity index (χ0v) is 17.4. The van der Waals surface area contributed by atoms with Gasteiger partial charge in [0.05, 0.1) is 33.8 Å². The average Bonchev–Trinajstić information content (AvgIpc) is 2.72. The van der Waals surface area contributed by atoms with E-state index in [0.717, 1.165) is 6.07 Å². The molecule has 1 N–H and O–H groups in total. The first-order chi connectivity index (χ1) is 13.7. The molecule has 29 heavy (non-hydrogen) atoms. The molecule has 1 fully saturated rings. The summed E-state index contributed by atoms with van der Waals surface area (Å²) in [7, 11) is -2.41. The molecule has 0 aliphatic carbocycles. The monoisotopic (exact) mass is 421 g/mol. The molecule has 6 nitrogen and oxygen atoms in total. The molecule has 8 heteroatoms. The zero-order chi connectivity index (χ0) is 21.2. The molecule has 156 valence electrons. The van der Waals surface area contributed by atoms with Gasteiger partial charge in [0.2, 0.25) is 9.84 Å². The van der Waals surface area contributed by atoms with Crippen LogP contribution in [0, 0.1) is 5.82 Å². The Labute approximate surface area is 169 Å². The predicted octanol–water partition coefficient (Wildman–Crippen LogP) is 3.90. The van der Waals surface area contributed by atoms with Crippen LogP contribution in [0.1, 0.15) is 37.8 Å². The van der Waals surface area contributed by atoms with Crippen LogP contribution in [-0.4, -0.2) is 39.2 Å². The number of rotatable bonds is 5.